The molecule has 0 unspecified atom stereocenters. The summed E-state index contributed by atoms with van der Waals surface area (Å²) in [7, 11) is 0. The Kier molecular flexibility index (Phi) is 4.62. The Morgan fingerprint density at radius 2 is 1.96 bits per heavy atom. The summed E-state index contributed by atoms with van der Waals surface area (Å²) in [6.07, 6.45) is 5.32. The number of aromatic nitrogens is 2. The first kappa shape index (κ1) is 16.3. The summed E-state index contributed by atoms with van der Waals surface area (Å²) in [6, 6.07) is 0. The summed E-state index contributed by atoms with van der Waals surface area (Å²) in [5.41, 5.74) is 1.84. The highest BCUT2D eigenvalue weighted by molar-refractivity contribution is 5.68. The number of ether oxygens (including phenoxy) is 1. The Labute approximate surface area is 138 Å². The van der Waals surface area contributed by atoms with Gasteiger partial charge in [0.05, 0.1) is 18.8 Å². The molecule has 0 atom stereocenters. The third-order valence-corrected chi connectivity index (χ3v) is 4.40. The minimum absolute atomic E-state index is 0.229. The molecule has 1 fully saturated rings. The fourth-order valence-corrected chi connectivity index (χ4v) is 3.22. The number of likely N-dealkylation sites (tertiary alicyclic amines) is 1. The standard InChI is InChI=1S/C17H28N4O2/c1-17(2,3)23-16(22)20-9-6-15-14(12-20)13-21(18-15)11-10-19-7-4-5-8-19/h13H,4-12H2,1-3H3. The molecule has 6 nitrogen and oxygen atoms in total. The van der Waals surface area contributed by atoms with E-state index in [2.05, 4.69) is 11.1 Å². The van der Waals surface area contributed by atoms with Crippen molar-refractivity contribution in [3.63, 3.8) is 0 Å². The molecule has 0 N–H and O–H groups in total. The van der Waals surface area contributed by atoms with E-state index < -0.39 is 5.60 Å². The summed E-state index contributed by atoms with van der Waals surface area (Å²) in [6.45, 7) is 11.4. The summed E-state index contributed by atoms with van der Waals surface area (Å²) < 4.78 is 7.51. The molecule has 0 bridgehead atoms. The van der Waals surface area contributed by atoms with E-state index in [1.54, 1.807) is 4.90 Å². The van der Waals surface area contributed by atoms with Crippen molar-refractivity contribution in [3.05, 3.63) is 17.5 Å². The molecule has 0 saturated carbocycles. The van der Waals surface area contributed by atoms with Crippen LogP contribution in [0.25, 0.3) is 0 Å². The molecule has 2 aliphatic rings. The van der Waals surface area contributed by atoms with E-state index in [0.717, 1.165) is 30.8 Å². The van der Waals surface area contributed by atoms with Crippen molar-refractivity contribution < 1.29 is 9.53 Å². The Morgan fingerprint density at radius 1 is 1.22 bits per heavy atom. The lowest BCUT2D eigenvalue weighted by Gasteiger charge is -2.29. The smallest absolute Gasteiger partial charge is 0.410 e. The first-order chi connectivity index (χ1) is 10.9. The van der Waals surface area contributed by atoms with Gasteiger partial charge in [0.2, 0.25) is 0 Å². The van der Waals surface area contributed by atoms with E-state index in [9.17, 15) is 4.79 Å². The Balaban J connectivity index is 1.57. The van der Waals surface area contributed by atoms with Gasteiger partial charge in [0.25, 0.3) is 0 Å². The number of fused-ring (bicyclic) bond motifs is 1. The van der Waals surface area contributed by atoms with Crippen LogP contribution in [-0.2, 0) is 24.2 Å². The first-order valence-corrected chi connectivity index (χ1v) is 8.66. The van der Waals surface area contributed by atoms with Gasteiger partial charge in [-0.15, -0.1) is 0 Å². The molecule has 1 amide bonds. The van der Waals surface area contributed by atoms with Crippen LogP contribution in [0, 0.1) is 0 Å². The number of nitrogens with zero attached hydrogens (tertiary/aromatic N) is 4. The van der Waals surface area contributed by atoms with E-state index in [4.69, 9.17) is 9.84 Å². The van der Waals surface area contributed by atoms with Gasteiger partial charge in [0, 0.05) is 31.3 Å². The zero-order valence-corrected chi connectivity index (χ0v) is 14.5. The van der Waals surface area contributed by atoms with Gasteiger partial charge in [-0.1, -0.05) is 0 Å². The zero-order chi connectivity index (χ0) is 16.4. The third kappa shape index (κ3) is 4.25. The van der Waals surface area contributed by atoms with E-state index in [-0.39, 0.29) is 6.09 Å². The maximum Gasteiger partial charge on any atom is 0.410 e. The maximum atomic E-state index is 12.2. The number of carbonyl (C=O) groups is 1. The summed E-state index contributed by atoms with van der Waals surface area (Å²) >= 11 is 0. The van der Waals surface area contributed by atoms with Gasteiger partial charge in [-0.25, -0.2) is 4.79 Å². The topological polar surface area (TPSA) is 50.6 Å². The summed E-state index contributed by atoms with van der Waals surface area (Å²) in [5, 5.41) is 4.69. The van der Waals surface area contributed by atoms with Crippen LogP contribution in [0.1, 0.15) is 44.9 Å². The molecule has 0 radical (unpaired) electrons. The quantitative estimate of drug-likeness (QED) is 0.857. The van der Waals surface area contributed by atoms with Crippen molar-refractivity contribution in [2.75, 3.05) is 26.2 Å². The lowest BCUT2D eigenvalue weighted by molar-refractivity contribution is 0.0223. The molecule has 6 heteroatoms. The molecule has 0 aromatic carbocycles. The van der Waals surface area contributed by atoms with E-state index in [1.165, 1.54) is 25.9 Å². The van der Waals surface area contributed by atoms with Crippen molar-refractivity contribution in [1.29, 1.82) is 0 Å². The minimum Gasteiger partial charge on any atom is -0.444 e. The van der Waals surface area contributed by atoms with Crippen LogP contribution in [0.4, 0.5) is 4.79 Å². The molecule has 1 aromatic rings. The summed E-state index contributed by atoms with van der Waals surface area (Å²) in [4.78, 5) is 16.5. The monoisotopic (exact) mass is 320 g/mol. The van der Waals surface area contributed by atoms with Gasteiger partial charge < -0.3 is 14.5 Å². The minimum atomic E-state index is -0.447. The second-order valence-electron chi connectivity index (χ2n) is 7.56. The average Bonchev–Trinajstić information content (AvgIpc) is 3.11. The van der Waals surface area contributed by atoms with Crippen molar-refractivity contribution in [1.82, 2.24) is 19.6 Å². The van der Waals surface area contributed by atoms with Crippen molar-refractivity contribution in [2.24, 2.45) is 0 Å². The fourth-order valence-electron chi connectivity index (χ4n) is 3.22. The fraction of sp³-hybridized carbons (Fsp3) is 0.765. The van der Waals surface area contributed by atoms with Crippen LogP contribution in [-0.4, -0.2) is 57.5 Å². The van der Waals surface area contributed by atoms with Gasteiger partial charge >= 0.3 is 6.09 Å². The van der Waals surface area contributed by atoms with Crippen molar-refractivity contribution in [3.8, 4) is 0 Å². The van der Waals surface area contributed by atoms with Gasteiger partial charge in [-0.2, -0.15) is 5.10 Å². The van der Waals surface area contributed by atoms with Crippen LogP contribution >= 0.6 is 0 Å². The SMILES string of the molecule is CC(C)(C)OC(=O)N1CCc2nn(CCN3CCCC3)cc2C1. The van der Waals surface area contributed by atoms with Crippen LogP contribution in [0.3, 0.4) is 0 Å². The molecule has 2 aliphatic heterocycles. The second kappa shape index (κ2) is 6.51. The summed E-state index contributed by atoms with van der Waals surface area (Å²) in [5.74, 6) is 0. The number of amides is 1. The Morgan fingerprint density at radius 3 is 2.65 bits per heavy atom. The lowest BCUT2D eigenvalue weighted by Crippen LogP contribution is -2.39. The second-order valence-corrected chi connectivity index (χ2v) is 7.56. The van der Waals surface area contributed by atoms with E-state index in [1.807, 2.05) is 25.5 Å². The number of hydrogen-bond acceptors (Lipinski definition) is 4. The molecule has 23 heavy (non-hydrogen) atoms. The molecule has 3 heterocycles. The van der Waals surface area contributed by atoms with Crippen molar-refractivity contribution in [2.45, 2.75) is 58.7 Å². The van der Waals surface area contributed by atoms with Crippen molar-refractivity contribution >= 4 is 6.09 Å². The van der Waals surface area contributed by atoms with E-state index >= 15 is 0 Å². The van der Waals surface area contributed by atoms with Gasteiger partial charge in [0.15, 0.2) is 0 Å². The molecule has 128 valence electrons. The third-order valence-electron chi connectivity index (χ3n) is 4.40. The van der Waals surface area contributed by atoms with Gasteiger partial charge in [0.1, 0.15) is 5.60 Å². The number of hydrogen-bond donors (Lipinski definition) is 0. The van der Waals surface area contributed by atoms with Crippen LogP contribution in [0.15, 0.2) is 6.20 Å². The molecule has 0 aliphatic carbocycles. The van der Waals surface area contributed by atoms with Crippen LogP contribution in [0.5, 0.6) is 0 Å². The van der Waals surface area contributed by atoms with Crippen LogP contribution in [0.2, 0.25) is 0 Å². The maximum absolute atomic E-state index is 12.2. The highest BCUT2D eigenvalue weighted by Gasteiger charge is 2.27. The first-order valence-electron chi connectivity index (χ1n) is 8.66. The Bertz CT molecular complexity index is 555. The molecule has 1 aromatic heterocycles. The van der Waals surface area contributed by atoms with E-state index in [0.29, 0.717) is 13.1 Å². The molecule has 1 saturated heterocycles. The number of rotatable bonds is 3. The predicted molar refractivity (Wildman–Crippen MR) is 88.2 cm³/mol. The number of carbonyl (C=O) groups excluding carboxylic acids is 1. The molecule has 3 rings (SSSR count). The van der Waals surface area contributed by atoms with Gasteiger partial charge in [-0.3, -0.25) is 4.68 Å². The highest BCUT2D eigenvalue weighted by atomic mass is 16.6. The molecular formula is C17H28N4O2. The largest absolute Gasteiger partial charge is 0.444 e. The highest BCUT2D eigenvalue weighted by Crippen LogP contribution is 2.20. The zero-order valence-electron chi connectivity index (χ0n) is 14.5. The lowest BCUT2D eigenvalue weighted by atomic mass is 10.1. The average molecular weight is 320 g/mol. The predicted octanol–water partition coefficient (Wildman–Crippen LogP) is 2.27. The van der Waals surface area contributed by atoms with Crippen LogP contribution < -0.4 is 0 Å². The molecular weight excluding hydrogens is 292 g/mol. The normalized spacial score (nSPS) is 19.0. The van der Waals surface area contributed by atoms with Gasteiger partial charge in [-0.05, 0) is 46.7 Å². The Hall–Kier alpha value is -1.56. The molecule has 0 spiro atoms.